The number of unbranched alkanes of at least 4 members (excludes halogenated alkanes) is 12. The van der Waals surface area contributed by atoms with E-state index in [0.29, 0.717) is 39.4 Å². The maximum atomic E-state index is 13.2. The monoisotopic (exact) mass is 665 g/mol. The third-order valence-electron chi connectivity index (χ3n) is 17.3. The number of allylic oxidation sites excluding steroid dienone is 2. The largest absolute Gasteiger partial charge is 0.462 e. The Kier molecular flexibility index (Phi) is 12.1. The molecule has 5 rings (SSSR count). The van der Waals surface area contributed by atoms with E-state index in [0.717, 1.165) is 24.7 Å². The number of fused-ring (bicyclic) bond motifs is 7. The number of carbonyl (C=O) groups is 1. The first kappa shape index (κ1) is 38.4. The highest BCUT2D eigenvalue weighted by Crippen LogP contribution is 2.76. The first-order chi connectivity index (χ1) is 22.7. The molecular formula is C46H80O2. The van der Waals surface area contributed by atoms with Gasteiger partial charge in [-0.1, -0.05) is 157 Å². The highest BCUT2D eigenvalue weighted by atomic mass is 16.5. The van der Waals surface area contributed by atoms with Gasteiger partial charge in [-0.2, -0.15) is 0 Å². The van der Waals surface area contributed by atoms with Crippen LogP contribution in [0, 0.1) is 50.2 Å². The summed E-state index contributed by atoms with van der Waals surface area (Å²) in [6, 6.07) is 0. The van der Waals surface area contributed by atoms with Gasteiger partial charge in [-0.25, -0.2) is 0 Å². The third kappa shape index (κ3) is 6.89. The van der Waals surface area contributed by atoms with Gasteiger partial charge in [0.25, 0.3) is 0 Å². The van der Waals surface area contributed by atoms with Crippen molar-refractivity contribution in [2.75, 3.05) is 0 Å². The normalized spacial score (nSPS) is 39.7. The van der Waals surface area contributed by atoms with Gasteiger partial charge in [0, 0.05) is 11.8 Å². The minimum Gasteiger partial charge on any atom is -0.462 e. The van der Waals surface area contributed by atoms with E-state index in [1.54, 1.807) is 0 Å². The number of esters is 1. The Balaban J connectivity index is 1.12. The van der Waals surface area contributed by atoms with E-state index in [-0.39, 0.29) is 17.5 Å². The summed E-state index contributed by atoms with van der Waals surface area (Å²) >= 11 is 0. The molecule has 5 aliphatic carbocycles. The van der Waals surface area contributed by atoms with Gasteiger partial charge < -0.3 is 4.74 Å². The van der Waals surface area contributed by atoms with Crippen LogP contribution in [0.15, 0.2) is 11.6 Å². The lowest BCUT2D eigenvalue weighted by Gasteiger charge is -2.72. The Bertz CT molecular complexity index is 1120. The van der Waals surface area contributed by atoms with E-state index in [4.69, 9.17) is 4.74 Å². The molecule has 0 unspecified atom stereocenters. The van der Waals surface area contributed by atoms with Crippen LogP contribution in [0.25, 0.3) is 0 Å². The molecule has 5 aliphatic rings. The van der Waals surface area contributed by atoms with Crippen LogP contribution in [0.5, 0.6) is 0 Å². The summed E-state index contributed by atoms with van der Waals surface area (Å²) in [6.07, 6.45) is 34.0. The molecule has 0 radical (unpaired) electrons. The molecule has 0 amide bonds. The van der Waals surface area contributed by atoms with Gasteiger partial charge >= 0.3 is 5.97 Å². The van der Waals surface area contributed by atoms with Gasteiger partial charge in [0.05, 0.1) is 0 Å². The predicted molar refractivity (Wildman–Crippen MR) is 205 cm³/mol. The molecule has 0 aliphatic heterocycles. The first-order valence-corrected chi connectivity index (χ1v) is 21.6. The molecule has 2 heteroatoms. The second-order valence-electron chi connectivity index (χ2n) is 20.4. The lowest BCUT2D eigenvalue weighted by atomic mass is 9.33. The smallest absolute Gasteiger partial charge is 0.306 e. The van der Waals surface area contributed by atoms with E-state index in [9.17, 15) is 4.79 Å². The molecular weight excluding hydrogens is 585 g/mol. The topological polar surface area (TPSA) is 26.3 Å². The Hall–Kier alpha value is -0.790. The fraction of sp³-hybridized carbons (Fsp3) is 0.935. The van der Waals surface area contributed by atoms with Crippen LogP contribution in [-0.2, 0) is 9.53 Å². The summed E-state index contributed by atoms with van der Waals surface area (Å²) < 4.78 is 6.41. The molecule has 0 aromatic carbocycles. The van der Waals surface area contributed by atoms with Crippen LogP contribution >= 0.6 is 0 Å². The predicted octanol–water partition coefficient (Wildman–Crippen LogP) is 14.2. The molecule has 0 aromatic heterocycles. The summed E-state index contributed by atoms with van der Waals surface area (Å²) in [7, 11) is 0. The number of carbonyl (C=O) groups excluding carboxylic acids is 1. The quantitative estimate of drug-likeness (QED) is 0.0989. The number of ether oxygens (including phenoxy) is 1. The minimum absolute atomic E-state index is 0.0312. The molecule has 4 fully saturated rings. The van der Waals surface area contributed by atoms with Crippen molar-refractivity contribution < 1.29 is 9.53 Å². The van der Waals surface area contributed by atoms with Gasteiger partial charge in [-0.05, 0) is 109 Å². The molecule has 0 aromatic rings. The summed E-state index contributed by atoms with van der Waals surface area (Å²) in [6.45, 7) is 23.2. The van der Waals surface area contributed by atoms with Crippen molar-refractivity contribution in [2.45, 2.75) is 223 Å². The highest BCUT2D eigenvalue weighted by molar-refractivity contribution is 5.69. The van der Waals surface area contributed by atoms with E-state index in [1.807, 2.05) is 5.57 Å². The molecule has 0 spiro atoms. The van der Waals surface area contributed by atoms with Crippen molar-refractivity contribution in [3.63, 3.8) is 0 Å². The van der Waals surface area contributed by atoms with Gasteiger partial charge in [0.15, 0.2) is 0 Å². The third-order valence-corrected chi connectivity index (χ3v) is 17.3. The van der Waals surface area contributed by atoms with Crippen molar-refractivity contribution in [1.29, 1.82) is 0 Å². The van der Waals surface area contributed by atoms with Crippen LogP contribution in [-0.4, -0.2) is 12.1 Å². The molecule has 0 heterocycles. The average molecular weight is 665 g/mol. The van der Waals surface area contributed by atoms with Crippen molar-refractivity contribution in [3.8, 4) is 0 Å². The maximum absolute atomic E-state index is 13.2. The Labute approximate surface area is 299 Å². The lowest BCUT2D eigenvalue weighted by molar-refractivity contribution is -0.214. The van der Waals surface area contributed by atoms with Crippen molar-refractivity contribution in [3.05, 3.63) is 11.6 Å². The standard InChI is InChI=1S/C46H80O2/c1-10-11-12-13-14-15-16-17-18-19-20-21-22-25-40(47)48-39-29-31-43(6)37(42(39,4)5)28-32-46(9)38(43)27-26-36-35-24-23-30-41(2,3)44(35,7)33-34-45(36,46)8/h26,35,37-39H,10-25,27-34H2,1-9H3/t35-,37-,38+,39-,43-,44-,45+,46+/m0/s1. The zero-order valence-corrected chi connectivity index (χ0v) is 33.7. The van der Waals surface area contributed by atoms with Crippen molar-refractivity contribution >= 4 is 5.97 Å². The highest BCUT2D eigenvalue weighted by Gasteiger charge is 2.68. The molecule has 2 nitrogen and oxygen atoms in total. The van der Waals surface area contributed by atoms with Crippen LogP contribution < -0.4 is 0 Å². The van der Waals surface area contributed by atoms with Crippen LogP contribution in [0.1, 0.15) is 216 Å². The van der Waals surface area contributed by atoms with Crippen molar-refractivity contribution in [2.24, 2.45) is 50.2 Å². The van der Waals surface area contributed by atoms with Gasteiger partial charge in [0.2, 0.25) is 0 Å². The second-order valence-corrected chi connectivity index (χ2v) is 20.4. The Morgan fingerprint density at radius 2 is 1.27 bits per heavy atom. The van der Waals surface area contributed by atoms with E-state index in [2.05, 4.69) is 68.4 Å². The summed E-state index contributed by atoms with van der Waals surface area (Å²) in [5.74, 6) is 2.18. The fourth-order valence-corrected chi connectivity index (χ4v) is 13.5. The number of hydrogen-bond acceptors (Lipinski definition) is 2. The summed E-state index contributed by atoms with van der Waals surface area (Å²) in [5.41, 5.74) is 3.78. The summed E-state index contributed by atoms with van der Waals surface area (Å²) in [5, 5.41) is 0. The zero-order valence-electron chi connectivity index (χ0n) is 33.7. The van der Waals surface area contributed by atoms with E-state index < -0.39 is 0 Å². The second kappa shape index (κ2) is 15.1. The van der Waals surface area contributed by atoms with E-state index in [1.165, 1.54) is 135 Å². The maximum Gasteiger partial charge on any atom is 0.306 e. The number of rotatable bonds is 15. The van der Waals surface area contributed by atoms with Gasteiger partial charge in [-0.3, -0.25) is 4.79 Å². The molecule has 48 heavy (non-hydrogen) atoms. The van der Waals surface area contributed by atoms with Gasteiger partial charge in [-0.15, -0.1) is 0 Å². The summed E-state index contributed by atoms with van der Waals surface area (Å²) in [4.78, 5) is 13.2. The molecule has 276 valence electrons. The molecule has 4 saturated carbocycles. The first-order valence-electron chi connectivity index (χ1n) is 21.6. The van der Waals surface area contributed by atoms with Crippen LogP contribution in [0.2, 0.25) is 0 Å². The molecule has 0 bridgehead atoms. The zero-order chi connectivity index (χ0) is 34.8. The van der Waals surface area contributed by atoms with Crippen LogP contribution in [0.4, 0.5) is 0 Å². The Morgan fingerprint density at radius 3 is 1.90 bits per heavy atom. The van der Waals surface area contributed by atoms with Crippen LogP contribution in [0.3, 0.4) is 0 Å². The SMILES string of the molecule is CCCCCCCCCCCCCCCC(=O)O[C@H]1CC[C@]2(C)[C@H]3CC=C4[C@@H]5CCCC(C)(C)[C@@]5(C)CC[C@@]4(C)[C@]3(C)CC[C@H]2C1(C)C. The van der Waals surface area contributed by atoms with E-state index >= 15 is 0 Å². The minimum atomic E-state index is 0.0312. The molecule has 0 saturated heterocycles. The lowest BCUT2D eigenvalue weighted by Crippen LogP contribution is -2.65. The molecule has 0 N–H and O–H groups in total. The van der Waals surface area contributed by atoms with Crippen molar-refractivity contribution in [1.82, 2.24) is 0 Å². The fourth-order valence-electron chi connectivity index (χ4n) is 13.5. The molecule has 8 atom stereocenters. The number of hydrogen-bond donors (Lipinski definition) is 0. The Morgan fingerprint density at radius 1 is 0.667 bits per heavy atom. The van der Waals surface area contributed by atoms with Gasteiger partial charge in [0.1, 0.15) is 6.10 Å². The average Bonchev–Trinajstić information content (AvgIpc) is 3.02.